The number of hydrogen-bond acceptors (Lipinski definition) is 3. The van der Waals surface area contributed by atoms with Crippen LogP contribution < -0.4 is 10.1 Å². The van der Waals surface area contributed by atoms with Gasteiger partial charge in [-0.25, -0.2) is 0 Å². The van der Waals surface area contributed by atoms with Gasteiger partial charge in [0.15, 0.2) is 0 Å². The van der Waals surface area contributed by atoms with E-state index in [0.717, 1.165) is 23.4 Å². The summed E-state index contributed by atoms with van der Waals surface area (Å²) >= 11 is 0. The molecule has 21 heavy (non-hydrogen) atoms. The van der Waals surface area contributed by atoms with E-state index in [1.54, 1.807) is 7.11 Å². The van der Waals surface area contributed by atoms with Crippen molar-refractivity contribution in [1.29, 1.82) is 0 Å². The van der Waals surface area contributed by atoms with Gasteiger partial charge >= 0.3 is 5.97 Å². The molecular formula is C17H27NO3. The molecule has 0 radical (unpaired) electrons. The molecule has 1 rings (SSSR count). The van der Waals surface area contributed by atoms with Gasteiger partial charge in [-0.05, 0) is 43.9 Å². The Labute approximate surface area is 127 Å². The molecule has 4 heteroatoms. The van der Waals surface area contributed by atoms with E-state index in [4.69, 9.17) is 9.84 Å². The SMILES string of the molecule is COc1c(C)cc(C)cc1CC(CC(=O)O)NCC(C)C. The summed E-state index contributed by atoms with van der Waals surface area (Å²) in [5, 5.41) is 12.4. The summed E-state index contributed by atoms with van der Waals surface area (Å²) in [6.07, 6.45) is 0.771. The van der Waals surface area contributed by atoms with Crippen LogP contribution in [0.1, 0.15) is 37.0 Å². The summed E-state index contributed by atoms with van der Waals surface area (Å²) in [6, 6.07) is 4.08. The lowest BCUT2D eigenvalue weighted by molar-refractivity contribution is -0.137. The molecule has 2 N–H and O–H groups in total. The van der Waals surface area contributed by atoms with Gasteiger partial charge in [-0.15, -0.1) is 0 Å². The summed E-state index contributed by atoms with van der Waals surface area (Å²) < 4.78 is 5.49. The van der Waals surface area contributed by atoms with Crippen molar-refractivity contribution >= 4 is 5.97 Å². The van der Waals surface area contributed by atoms with E-state index in [1.165, 1.54) is 5.56 Å². The number of carboxylic acid groups (broad SMARTS) is 1. The second-order valence-corrected chi connectivity index (χ2v) is 6.08. The number of nitrogens with one attached hydrogen (secondary N) is 1. The minimum atomic E-state index is -0.778. The van der Waals surface area contributed by atoms with Gasteiger partial charge in [0, 0.05) is 6.04 Å². The Kier molecular flexibility index (Phi) is 6.69. The van der Waals surface area contributed by atoms with Crippen LogP contribution in [0.2, 0.25) is 0 Å². The van der Waals surface area contributed by atoms with Crippen LogP contribution in [-0.2, 0) is 11.2 Å². The zero-order valence-corrected chi connectivity index (χ0v) is 13.7. The smallest absolute Gasteiger partial charge is 0.304 e. The van der Waals surface area contributed by atoms with Crippen molar-refractivity contribution in [3.05, 3.63) is 28.8 Å². The lowest BCUT2D eigenvalue weighted by Crippen LogP contribution is -2.36. The van der Waals surface area contributed by atoms with Crippen molar-refractivity contribution < 1.29 is 14.6 Å². The molecular weight excluding hydrogens is 266 g/mol. The van der Waals surface area contributed by atoms with Gasteiger partial charge in [0.25, 0.3) is 0 Å². The maximum Gasteiger partial charge on any atom is 0.304 e. The van der Waals surface area contributed by atoms with Crippen molar-refractivity contribution in [3.8, 4) is 5.75 Å². The molecule has 0 aliphatic carbocycles. The molecule has 1 aromatic rings. The molecule has 0 spiro atoms. The molecule has 0 bridgehead atoms. The second kappa shape index (κ2) is 8.03. The van der Waals surface area contributed by atoms with Crippen LogP contribution in [0.5, 0.6) is 5.75 Å². The Bertz CT molecular complexity index is 483. The van der Waals surface area contributed by atoms with Crippen molar-refractivity contribution in [3.63, 3.8) is 0 Å². The highest BCUT2D eigenvalue weighted by molar-refractivity contribution is 5.67. The molecule has 0 heterocycles. The van der Waals surface area contributed by atoms with Crippen LogP contribution in [0.25, 0.3) is 0 Å². The monoisotopic (exact) mass is 293 g/mol. The molecule has 1 aromatic carbocycles. The van der Waals surface area contributed by atoms with Crippen LogP contribution in [0.15, 0.2) is 12.1 Å². The number of ether oxygens (including phenoxy) is 1. The summed E-state index contributed by atoms with van der Waals surface area (Å²) in [5.41, 5.74) is 3.32. The Morgan fingerprint density at radius 2 is 2.00 bits per heavy atom. The van der Waals surface area contributed by atoms with E-state index >= 15 is 0 Å². The number of carboxylic acids is 1. The van der Waals surface area contributed by atoms with E-state index in [0.29, 0.717) is 12.3 Å². The van der Waals surface area contributed by atoms with Crippen LogP contribution in [-0.4, -0.2) is 30.8 Å². The van der Waals surface area contributed by atoms with Crippen molar-refractivity contribution in [2.45, 2.75) is 46.6 Å². The molecule has 0 saturated carbocycles. The Morgan fingerprint density at radius 3 is 2.52 bits per heavy atom. The minimum Gasteiger partial charge on any atom is -0.496 e. The fourth-order valence-corrected chi connectivity index (χ4v) is 2.58. The zero-order valence-electron chi connectivity index (χ0n) is 13.7. The van der Waals surface area contributed by atoms with E-state index in [1.807, 2.05) is 13.8 Å². The molecule has 4 nitrogen and oxygen atoms in total. The third kappa shape index (κ3) is 5.76. The van der Waals surface area contributed by atoms with Crippen LogP contribution in [0, 0.1) is 19.8 Å². The van der Waals surface area contributed by atoms with Crippen molar-refractivity contribution in [2.75, 3.05) is 13.7 Å². The van der Waals surface area contributed by atoms with E-state index < -0.39 is 5.97 Å². The fourth-order valence-electron chi connectivity index (χ4n) is 2.58. The number of hydrogen-bond donors (Lipinski definition) is 2. The van der Waals surface area contributed by atoms with E-state index in [2.05, 4.69) is 31.3 Å². The first-order valence-corrected chi connectivity index (χ1v) is 7.42. The lowest BCUT2D eigenvalue weighted by atomic mass is 9.97. The van der Waals surface area contributed by atoms with Crippen LogP contribution in [0.3, 0.4) is 0 Å². The first-order valence-electron chi connectivity index (χ1n) is 7.42. The molecule has 0 aliphatic rings. The molecule has 1 atom stereocenters. The largest absolute Gasteiger partial charge is 0.496 e. The average molecular weight is 293 g/mol. The minimum absolute atomic E-state index is 0.0833. The first kappa shape index (κ1) is 17.5. The van der Waals surface area contributed by atoms with Gasteiger partial charge in [0.05, 0.1) is 13.5 Å². The molecule has 0 amide bonds. The Balaban J connectivity index is 2.93. The van der Waals surface area contributed by atoms with Crippen molar-refractivity contribution in [1.82, 2.24) is 5.32 Å². The van der Waals surface area contributed by atoms with Gasteiger partial charge in [-0.1, -0.05) is 31.5 Å². The normalized spacial score (nSPS) is 12.5. The maximum absolute atomic E-state index is 11.1. The fraction of sp³-hybridized carbons (Fsp3) is 0.588. The summed E-state index contributed by atoms with van der Waals surface area (Å²) in [4.78, 5) is 11.1. The zero-order chi connectivity index (χ0) is 16.0. The standard InChI is InChI=1S/C17H27NO3/c1-11(2)10-18-15(9-16(19)20)8-14-7-12(3)6-13(4)17(14)21-5/h6-7,11,15,18H,8-10H2,1-5H3,(H,19,20). The van der Waals surface area contributed by atoms with E-state index in [-0.39, 0.29) is 12.5 Å². The predicted molar refractivity (Wildman–Crippen MR) is 85.1 cm³/mol. The van der Waals surface area contributed by atoms with Gasteiger partial charge in [-0.2, -0.15) is 0 Å². The highest BCUT2D eigenvalue weighted by atomic mass is 16.5. The second-order valence-electron chi connectivity index (χ2n) is 6.08. The lowest BCUT2D eigenvalue weighted by Gasteiger charge is -2.21. The summed E-state index contributed by atoms with van der Waals surface area (Å²) in [7, 11) is 1.66. The average Bonchev–Trinajstić information content (AvgIpc) is 2.34. The van der Waals surface area contributed by atoms with Crippen LogP contribution in [0.4, 0.5) is 0 Å². The number of methoxy groups -OCH3 is 1. The van der Waals surface area contributed by atoms with E-state index in [9.17, 15) is 4.79 Å². The molecule has 0 aliphatic heterocycles. The van der Waals surface area contributed by atoms with Gasteiger partial charge in [0.1, 0.15) is 5.75 Å². The quantitative estimate of drug-likeness (QED) is 0.773. The molecule has 0 saturated heterocycles. The Hall–Kier alpha value is -1.55. The maximum atomic E-state index is 11.1. The van der Waals surface area contributed by atoms with Gasteiger partial charge in [-0.3, -0.25) is 4.79 Å². The van der Waals surface area contributed by atoms with Gasteiger partial charge in [0.2, 0.25) is 0 Å². The number of benzene rings is 1. The van der Waals surface area contributed by atoms with Crippen LogP contribution >= 0.6 is 0 Å². The number of aliphatic carboxylic acids is 1. The topological polar surface area (TPSA) is 58.6 Å². The number of aryl methyl sites for hydroxylation is 2. The molecule has 1 unspecified atom stereocenters. The van der Waals surface area contributed by atoms with Crippen molar-refractivity contribution in [2.24, 2.45) is 5.92 Å². The third-order valence-electron chi connectivity index (χ3n) is 3.40. The number of carbonyl (C=O) groups is 1. The molecule has 0 aromatic heterocycles. The summed E-state index contributed by atoms with van der Waals surface area (Å²) in [6.45, 7) is 9.10. The highest BCUT2D eigenvalue weighted by Gasteiger charge is 2.17. The Morgan fingerprint density at radius 1 is 1.33 bits per heavy atom. The first-order chi connectivity index (χ1) is 9.83. The predicted octanol–water partition coefficient (Wildman–Crippen LogP) is 2.94. The highest BCUT2D eigenvalue weighted by Crippen LogP contribution is 2.26. The molecule has 118 valence electrons. The summed E-state index contributed by atoms with van der Waals surface area (Å²) in [5.74, 6) is 0.573. The third-order valence-corrected chi connectivity index (χ3v) is 3.40. The van der Waals surface area contributed by atoms with Gasteiger partial charge < -0.3 is 15.2 Å². The molecule has 0 fully saturated rings. The number of rotatable bonds is 8.